The molecule has 2 N–H and O–H groups in total. The number of fused-ring (bicyclic) bond motifs is 1. The Morgan fingerprint density at radius 1 is 1.50 bits per heavy atom. The van der Waals surface area contributed by atoms with Crippen molar-refractivity contribution in [2.45, 2.75) is 32.4 Å². The van der Waals surface area contributed by atoms with Crippen LogP contribution >= 0.6 is 0 Å². The third-order valence-electron chi connectivity index (χ3n) is 3.64. The lowest BCUT2D eigenvalue weighted by Gasteiger charge is -2.26. The Kier molecular flexibility index (Phi) is 6.62. The standard InChI is InChI=1S/C16H24N2O6/c1-11(2)17-7-14(19)10-22-15-5-3-4-13-6-12(8-23-16(13)15)9-24-18(20)21/h3-5,11-12,14,17,19H,6-10H2,1-2H3. The van der Waals surface area contributed by atoms with Gasteiger partial charge in [-0.1, -0.05) is 26.0 Å². The van der Waals surface area contributed by atoms with E-state index in [9.17, 15) is 15.2 Å². The number of para-hydroxylation sites is 1. The highest BCUT2D eigenvalue weighted by Crippen LogP contribution is 2.36. The SMILES string of the molecule is CC(C)NCC(O)COc1cccc2c1OCC(CO[N+](=O)[O-])C2. The summed E-state index contributed by atoms with van der Waals surface area (Å²) in [4.78, 5) is 14.7. The van der Waals surface area contributed by atoms with Gasteiger partial charge in [0.1, 0.15) is 19.3 Å². The van der Waals surface area contributed by atoms with E-state index in [2.05, 4.69) is 10.2 Å². The van der Waals surface area contributed by atoms with Crippen LogP contribution in [0.3, 0.4) is 0 Å². The van der Waals surface area contributed by atoms with E-state index >= 15 is 0 Å². The number of ether oxygens (including phenoxy) is 2. The molecule has 0 bridgehead atoms. The molecule has 0 fully saturated rings. The zero-order chi connectivity index (χ0) is 17.5. The maximum atomic E-state index is 10.3. The van der Waals surface area contributed by atoms with Crippen molar-refractivity contribution in [1.82, 2.24) is 5.32 Å². The molecule has 2 atom stereocenters. The monoisotopic (exact) mass is 340 g/mol. The van der Waals surface area contributed by atoms with E-state index in [1.807, 2.05) is 26.0 Å². The lowest BCUT2D eigenvalue weighted by atomic mass is 9.97. The molecule has 8 nitrogen and oxygen atoms in total. The van der Waals surface area contributed by atoms with Crippen molar-refractivity contribution in [3.63, 3.8) is 0 Å². The summed E-state index contributed by atoms with van der Waals surface area (Å²) >= 11 is 0. The fourth-order valence-corrected chi connectivity index (χ4v) is 2.46. The molecule has 2 rings (SSSR count). The third kappa shape index (κ3) is 5.54. The van der Waals surface area contributed by atoms with E-state index < -0.39 is 11.2 Å². The molecule has 2 unspecified atom stereocenters. The molecule has 8 heteroatoms. The van der Waals surface area contributed by atoms with Gasteiger partial charge in [-0.25, -0.2) is 0 Å². The van der Waals surface area contributed by atoms with E-state index in [0.29, 0.717) is 37.1 Å². The van der Waals surface area contributed by atoms with Crippen molar-refractivity contribution in [3.8, 4) is 11.5 Å². The van der Waals surface area contributed by atoms with Crippen LogP contribution in [0.15, 0.2) is 18.2 Å². The summed E-state index contributed by atoms with van der Waals surface area (Å²) < 4.78 is 11.4. The van der Waals surface area contributed by atoms with Crippen LogP contribution in [0.4, 0.5) is 0 Å². The summed E-state index contributed by atoms with van der Waals surface area (Å²) in [7, 11) is 0. The number of hydrogen-bond donors (Lipinski definition) is 2. The van der Waals surface area contributed by atoms with Gasteiger partial charge in [0, 0.05) is 18.5 Å². The molecular formula is C16H24N2O6. The van der Waals surface area contributed by atoms with Gasteiger partial charge in [-0.3, -0.25) is 0 Å². The van der Waals surface area contributed by atoms with Gasteiger partial charge < -0.3 is 24.7 Å². The first-order valence-corrected chi connectivity index (χ1v) is 8.02. The number of hydrogen-bond acceptors (Lipinski definition) is 7. The molecule has 1 aliphatic heterocycles. The molecule has 24 heavy (non-hydrogen) atoms. The molecule has 0 saturated carbocycles. The fourth-order valence-electron chi connectivity index (χ4n) is 2.46. The summed E-state index contributed by atoms with van der Waals surface area (Å²) in [5.74, 6) is 1.14. The predicted molar refractivity (Wildman–Crippen MR) is 86.7 cm³/mol. The minimum atomic E-state index is -0.790. The Bertz CT molecular complexity index is 551. The van der Waals surface area contributed by atoms with Crippen LogP contribution in [0.5, 0.6) is 11.5 Å². The number of rotatable bonds is 9. The van der Waals surface area contributed by atoms with Gasteiger partial charge in [0.05, 0.1) is 6.61 Å². The van der Waals surface area contributed by atoms with Crippen LogP contribution in [0, 0.1) is 16.0 Å². The summed E-state index contributed by atoms with van der Waals surface area (Å²) in [6.45, 7) is 4.97. The van der Waals surface area contributed by atoms with Gasteiger partial charge >= 0.3 is 0 Å². The molecule has 0 radical (unpaired) electrons. The molecule has 1 aliphatic rings. The number of nitrogens with zero attached hydrogens (tertiary/aromatic N) is 1. The topological polar surface area (TPSA) is 103 Å². The second-order valence-electron chi connectivity index (χ2n) is 6.17. The Morgan fingerprint density at radius 3 is 3.00 bits per heavy atom. The Morgan fingerprint density at radius 2 is 2.29 bits per heavy atom. The van der Waals surface area contributed by atoms with Crippen LogP contribution in [0.25, 0.3) is 0 Å². The number of aliphatic hydroxyl groups excluding tert-OH is 1. The van der Waals surface area contributed by atoms with Gasteiger partial charge in [0.2, 0.25) is 0 Å². The zero-order valence-electron chi connectivity index (χ0n) is 13.9. The number of nitrogens with one attached hydrogen (secondary N) is 1. The molecule has 1 aromatic carbocycles. The minimum Gasteiger partial charge on any atom is -0.489 e. The fraction of sp³-hybridized carbons (Fsp3) is 0.625. The van der Waals surface area contributed by atoms with Crippen molar-refractivity contribution in [2.75, 3.05) is 26.4 Å². The van der Waals surface area contributed by atoms with Gasteiger partial charge in [-0.2, -0.15) is 0 Å². The van der Waals surface area contributed by atoms with Crippen molar-refractivity contribution >= 4 is 0 Å². The van der Waals surface area contributed by atoms with Gasteiger partial charge in [-0.15, -0.1) is 10.1 Å². The smallest absolute Gasteiger partial charge is 0.294 e. The molecular weight excluding hydrogens is 316 g/mol. The lowest BCUT2D eigenvalue weighted by Crippen LogP contribution is -2.35. The highest BCUT2D eigenvalue weighted by atomic mass is 16.9. The molecule has 1 aromatic rings. The first kappa shape index (κ1) is 18.3. The van der Waals surface area contributed by atoms with E-state index in [4.69, 9.17) is 9.47 Å². The minimum absolute atomic E-state index is 0.0110. The molecule has 0 aromatic heterocycles. The summed E-state index contributed by atoms with van der Waals surface area (Å²) in [6, 6.07) is 5.82. The Labute approximate surface area is 140 Å². The van der Waals surface area contributed by atoms with Crippen LogP contribution in [-0.2, 0) is 11.3 Å². The summed E-state index contributed by atoms with van der Waals surface area (Å²) in [5, 5.41) is 22.6. The zero-order valence-corrected chi connectivity index (χ0v) is 13.9. The van der Waals surface area contributed by atoms with E-state index in [0.717, 1.165) is 5.56 Å². The maximum Gasteiger partial charge on any atom is 0.294 e. The predicted octanol–water partition coefficient (Wildman–Crippen LogP) is 1.18. The first-order valence-electron chi connectivity index (χ1n) is 8.02. The van der Waals surface area contributed by atoms with Crippen molar-refractivity contribution < 1.29 is 24.5 Å². The maximum absolute atomic E-state index is 10.3. The van der Waals surface area contributed by atoms with Gasteiger partial charge in [-0.05, 0) is 18.1 Å². The van der Waals surface area contributed by atoms with Crippen LogP contribution in [-0.4, -0.2) is 48.7 Å². The van der Waals surface area contributed by atoms with Crippen molar-refractivity contribution in [3.05, 3.63) is 33.9 Å². The molecule has 0 aliphatic carbocycles. The Hall–Kier alpha value is -2.06. The highest BCUT2D eigenvalue weighted by Gasteiger charge is 2.24. The van der Waals surface area contributed by atoms with E-state index in [1.165, 1.54) is 0 Å². The number of aliphatic hydroxyl groups is 1. The molecule has 0 amide bonds. The number of benzene rings is 1. The third-order valence-corrected chi connectivity index (χ3v) is 3.64. The quantitative estimate of drug-likeness (QED) is 0.514. The van der Waals surface area contributed by atoms with Crippen LogP contribution < -0.4 is 14.8 Å². The summed E-state index contributed by atoms with van der Waals surface area (Å²) in [5.41, 5.74) is 0.922. The second kappa shape index (κ2) is 8.70. The van der Waals surface area contributed by atoms with E-state index in [-0.39, 0.29) is 19.1 Å². The average molecular weight is 340 g/mol. The normalized spacial score (nSPS) is 17.8. The van der Waals surface area contributed by atoms with Crippen LogP contribution in [0.1, 0.15) is 19.4 Å². The summed E-state index contributed by atoms with van der Waals surface area (Å²) in [6.07, 6.45) is 0.00534. The average Bonchev–Trinajstić information content (AvgIpc) is 2.55. The van der Waals surface area contributed by atoms with Gasteiger partial charge in [0.25, 0.3) is 5.09 Å². The molecule has 1 heterocycles. The highest BCUT2D eigenvalue weighted by molar-refractivity contribution is 5.47. The molecule has 0 saturated heterocycles. The lowest BCUT2D eigenvalue weighted by molar-refractivity contribution is -0.759. The van der Waals surface area contributed by atoms with Crippen molar-refractivity contribution in [1.29, 1.82) is 0 Å². The molecule has 0 spiro atoms. The second-order valence-corrected chi connectivity index (χ2v) is 6.17. The first-order chi connectivity index (χ1) is 11.5. The van der Waals surface area contributed by atoms with Crippen molar-refractivity contribution in [2.24, 2.45) is 5.92 Å². The van der Waals surface area contributed by atoms with Gasteiger partial charge in [0.15, 0.2) is 11.5 Å². The van der Waals surface area contributed by atoms with E-state index in [1.54, 1.807) is 6.07 Å². The molecule has 134 valence electrons. The largest absolute Gasteiger partial charge is 0.489 e. The Balaban J connectivity index is 1.90. The van der Waals surface area contributed by atoms with Crippen LogP contribution in [0.2, 0.25) is 0 Å².